The van der Waals surface area contributed by atoms with Gasteiger partial charge in [0.05, 0.1) is 6.61 Å². The van der Waals surface area contributed by atoms with Crippen molar-refractivity contribution in [1.29, 1.82) is 0 Å². The van der Waals surface area contributed by atoms with Crippen molar-refractivity contribution in [2.24, 2.45) is 0 Å². The third-order valence-corrected chi connectivity index (χ3v) is 1.21. The first-order valence-corrected chi connectivity index (χ1v) is 3.01. The molecule has 0 fully saturated rings. The number of nitrogens with one attached hydrogen (secondary N) is 1. The van der Waals surface area contributed by atoms with Gasteiger partial charge in [-0.3, -0.25) is 0 Å². The van der Waals surface area contributed by atoms with Gasteiger partial charge >= 0.3 is 0 Å². The molecule has 1 rings (SSSR count). The van der Waals surface area contributed by atoms with Crippen LogP contribution < -0.4 is 5.32 Å². The second kappa shape index (κ2) is 3.30. The molecule has 0 spiro atoms. The largest absolute Gasteiger partial charge is 0.387 e. The van der Waals surface area contributed by atoms with Gasteiger partial charge in [-0.2, -0.15) is 0 Å². The topological polar surface area (TPSA) is 21.3 Å². The quantitative estimate of drug-likeness (QED) is 0.586. The maximum atomic E-state index is 4.93. The first-order valence-electron chi connectivity index (χ1n) is 3.01. The van der Waals surface area contributed by atoms with Crippen molar-refractivity contribution in [1.82, 2.24) is 5.32 Å². The molecule has 0 aliphatic carbocycles. The van der Waals surface area contributed by atoms with Crippen LogP contribution in [0.4, 0.5) is 0 Å². The minimum atomic E-state index is 0.720. The van der Waals surface area contributed by atoms with Crippen molar-refractivity contribution < 1.29 is 4.74 Å². The van der Waals surface area contributed by atoms with Crippen LogP contribution in [0.3, 0.4) is 0 Å². The van der Waals surface area contributed by atoms with Gasteiger partial charge in [-0.25, -0.2) is 0 Å². The minimum Gasteiger partial charge on any atom is -0.387 e. The molecule has 0 saturated heterocycles. The van der Waals surface area contributed by atoms with Crippen LogP contribution in [-0.2, 0) is 4.74 Å². The van der Waals surface area contributed by atoms with E-state index in [9.17, 15) is 0 Å². The van der Waals surface area contributed by atoms with E-state index in [1.165, 1.54) is 5.57 Å². The highest BCUT2D eigenvalue weighted by Gasteiger charge is 1.92. The maximum Gasteiger partial charge on any atom is 0.0711 e. The first kappa shape index (κ1) is 6.36. The minimum absolute atomic E-state index is 0.720. The molecular weight excluding hydrogens is 114 g/mol. The molecule has 9 heavy (non-hydrogen) atoms. The Balaban J connectivity index is 2.38. The fourth-order valence-corrected chi connectivity index (χ4v) is 0.766. The predicted molar refractivity (Wildman–Crippen MR) is 37.1 cm³/mol. The molecule has 0 bridgehead atoms. The number of hydrogen-bond donors (Lipinski definition) is 1. The fraction of sp³-hybridized carbons (Fsp3) is 0.429. The van der Waals surface area contributed by atoms with Gasteiger partial charge in [0.2, 0.25) is 0 Å². The summed E-state index contributed by atoms with van der Waals surface area (Å²) in [5, 5.41) is 3.06. The highest BCUT2D eigenvalue weighted by atomic mass is 16.5. The molecule has 1 aliphatic heterocycles. The highest BCUT2D eigenvalue weighted by Crippen LogP contribution is 1.98. The highest BCUT2D eigenvalue weighted by molar-refractivity contribution is 5.22. The lowest BCUT2D eigenvalue weighted by Crippen LogP contribution is -2.10. The zero-order valence-electron chi connectivity index (χ0n) is 5.55. The summed E-state index contributed by atoms with van der Waals surface area (Å²) in [4.78, 5) is 0. The second-order valence-corrected chi connectivity index (χ2v) is 1.95. The van der Waals surface area contributed by atoms with Crippen molar-refractivity contribution in [2.45, 2.75) is 0 Å². The van der Waals surface area contributed by atoms with Gasteiger partial charge in [-0.15, -0.1) is 0 Å². The van der Waals surface area contributed by atoms with Gasteiger partial charge in [0.15, 0.2) is 0 Å². The second-order valence-electron chi connectivity index (χ2n) is 1.95. The molecular formula is C7H11NO. The molecule has 0 amide bonds. The average molecular weight is 125 g/mol. The molecule has 0 atom stereocenters. The number of dihydropyridines is 1. The Morgan fingerprint density at radius 3 is 3.22 bits per heavy atom. The number of rotatable bonds is 2. The summed E-state index contributed by atoms with van der Waals surface area (Å²) in [6.07, 6.45) is 6.07. The van der Waals surface area contributed by atoms with Crippen molar-refractivity contribution in [3.63, 3.8) is 0 Å². The lowest BCUT2D eigenvalue weighted by atomic mass is 10.2. The third kappa shape index (κ3) is 1.90. The zero-order chi connectivity index (χ0) is 6.53. The van der Waals surface area contributed by atoms with Crippen molar-refractivity contribution >= 4 is 0 Å². The number of ether oxygens (including phenoxy) is 1. The van der Waals surface area contributed by atoms with Gasteiger partial charge in [-0.1, -0.05) is 6.08 Å². The molecule has 1 N–H and O–H groups in total. The van der Waals surface area contributed by atoms with Gasteiger partial charge in [0.1, 0.15) is 0 Å². The molecule has 0 aromatic rings. The van der Waals surface area contributed by atoms with E-state index < -0.39 is 0 Å². The van der Waals surface area contributed by atoms with Crippen molar-refractivity contribution in [3.8, 4) is 0 Å². The summed E-state index contributed by atoms with van der Waals surface area (Å²) < 4.78 is 4.93. The van der Waals surface area contributed by atoms with Crippen LogP contribution in [0.2, 0.25) is 0 Å². The molecule has 2 heteroatoms. The molecule has 1 aliphatic rings. The van der Waals surface area contributed by atoms with Crippen LogP contribution in [0, 0.1) is 0 Å². The van der Waals surface area contributed by atoms with E-state index in [1.54, 1.807) is 7.11 Å². The van der Waals surface area contributed by atoms with Crippen LogP contribution in [-0.4, -0.2) is 20.3 Å². The Kier molecular flexibility index (Phi) is 2.33. The Morgan fingerprint density at radius 2 is 2.67 bits per heavy atom. The molecule has 0 saturated carbocycles. The van der Waals surface area contributed by atoms with E-state index in [1.807, 2.05) is 12.3 Å². The van der Waals surface area contributed by atoms with Gasteiger partial charge in [0, 0.05) is 13.7 Å². The Bertz CT molecular complexity index is 138. The van der Waals surface area contributed by atoms with E-state index in [0.717, 1.165) is 13.2 Å². The lowest BCUT2D eigenvalue weighted by molar-refractivity contribution is 0.228. The van der Waals surface area contributed by atoms with Crippen LogP contribution in [0.15, 0.2) is 23.9 Å². The number of methoxy groups -OCH3 is 1. The molecule has 50 valence electrons. The smallest absolute Gasteiger partial charge is 0.0711 e. The predicted octanol–water partition coefficient (Wildman–Crippen LogP) is 0.676. The zero-order valence-corrected chi connectivity index (χ0v) is 5.55. The Hall–Kier alpha value is -0.760. The van der Waals surface area contributed by atoms with Gasteiger partial charge < -0.3 is 10.1 Å². The molecule has 0 aromatic heterocycles. The standard InChI is InChI=1S/C7H11NO/c1-9-6-7-2-4-8-5-3-7/h2-4,8H,5-6H2,1H3. The van der Waals surface area contributed by atoms with E-state index in [0.29, 0.717) is 0 Å². The van der Waals surface area contributed by atoms with Crippen LogP contribution >= 0.6 is 0 Å². The SMILES string of the molecule is COCC1=CCNC=C1. The normalized spacial score (nSPS) is 16.8. The summed E-state index contributed by atoms with van der Waals surface area (Å²) >= 11 is 0. The lowest BCUT2D eigenvalue weighted by Gasteiger charge is -2.05. The fourth-order valence-electron chi connectivity index (χ4n) is 0.766. The van der Waals surface area contributed by atoms with Crippen molar-refractivity contribution in [3.05, 3.63) is 23.9 Å². The van der Waals surface area contributed by atoms with Crippen LogP contribution in [0.1, 0.15) is 0 Å². The first-order chi connectivity index (χ1) is 4.43. The molecule has 0 aromatic carbocycles. The van der Waals surface area contributed by atoms with Crippen LogP contribution in [0.25, 0.3) is 0 Å². The van der Waals surface area contributed by atoms with E-state index >= 15 is 0 Å². The Labute approximate surface area is 55.2 Å². The summed E-state index contributed by atoms with van der Waals surface area (Å²) in [5.74, 6) is 0. The van der Waals surface area contributed by atoms with E-state index in [-0.39, 0.29) is 0 Å². The van der Waals surface area contributed by atoms with E-state index in [4.69, 9.17) is 4.74 Å². The summed E-state index contributed by atoms with van der Waals surface area (Å²) in [6.45, 7) is 1.65. The molecule has 0 unspecified atom stereocenters. The summed E-state index contributed by atoms with van der Waals surface area (Å²) in [7, 11) is 1.71. The molecule has 1 heterocycles. The third-order valence-electron chi connectivity index (χ3n) is 1.21. The summed E-state index contributed by atoms with van der Waals surface area (Å²) in [5.41, 5.74) is 1.25. The van der Waals surface area contributed by atoms with Gasteiger partial charge in [-0.05, 0) is 17.8 Å². The van der Waals surface area contributed by atoms with E-state index in [2.05, 4.69) is 11.4 Å². The molecule has 2 nitrogen and oxygen atoms in total. The van der Waals surface area contributed by atoms with Gasteiger partial charge in [0.25, 0.3) is 0 Å². The van der Waals surface area contributed by atoms with Crippen LogP contribution in [0.5, 0.6) is 0 Å². The molecule has 0 radical (unpaired) electrons. The maximum absolute atomic E-state index is 4.93. The number of hydrogen-bond acceptors (Lipinski definition) is 2. The summed E-state index contributed by atoms with van der Waals surface area (Å²) in [6, 6.07) is 0. The van der Waals surface area contributed by atoms with Crippen molar-refractivity contribution in [2.75, 3.05) is 20.3 Å². The average Bonchev–Trinajstić information content (AvgIpc) is 1.91. The monoisotopic (exact) mass is 125 g/mol. The Morgan fingerprint density at radius 1 is 1.78 bits per heavy atom.